The molecule has 0 aromatic heterocycles. The Hall–Kier alpha value is -1.72. The number of halogens is 3. The van der Waals surface area contributed by atoms with E-state index in [1.54, 1.807) is 0 Å². The van der Waals surface area contributed by atoms with Crippen LogP contribution in [-0.4, -0.2) is 19.2 Å². The molecule has 0 spiro atoms. The van der Waals surface area contributed by atoms with Gasteiger partial charge in [0.15, 0.2) is 0 Å². The Morgan fingerprint density at radius 1 is 1.33 bits per heavy atom. The number of hydrogen-bond acceptors (Lipinski definition) is 2. The monoisotopic (exact) mass is 259 g/mol. The van der Waals surface area contributed by atoms with Crippen LogP contribution in [0.15, 0.2) is 24.3 Å². The van der Waals surface area contributed by atoms with Crippen LogP contribution in [0.5, 0.6) is 0 Å². The van der Waals surface area contributed by atoms with Gasteiger partial charge < -0.3 is 10.1 Å². The van der Waals surface area contributed by atoms with Gasteiger partial charge in [-0.25, -0.2) is 4.79 Å². The van der Waals surface area contributed by atoms with Gasteiger partial charge in [0.2, 0.25) is 0 Å². The van der Waals surface area contributed by atoms with E-state index in [1.807, 2.05) is 0 Å². The summed E-state index contributed by atoms with van der Waals surface area (Å²) >= 11 is 0. The summed E-state index contributed by atoms with van der Waals surface area (Å²) in [7, 11) is 1.27. The van der Waals surface area contributed by atoms with E-state index in [0.29, 0.717) is 0 Å². The molecule has 1 N–H and O–H groups in total. The van der Waals surface area contributed by atoms with Crippen molar-refractivity contribution in [3.8, 4) is 0 Å². The lowest BCUT2D eigenvalue weighted by Crippen LogP contribution is -2.26. The number of carbonyl (C=O) groups is 1. The minimum Gasteiger partial charge on any atom is -0.453 e. The highest BCUT2D eigenvalue weighted by atomic mass is 19.4. The van der Waals surface area contributed by atoms with Crippen molar-refractivity contribution in [1.82, 2.24) is 5.32 Å². The summed E-state index contributed by atoms with van der Waals surface area (Å²) < 4.78 is 41.5. The third kappa shape index (κ3) is 2.75. The van der Waals surface area contributed by atoms with E-state index in [9.17, 15) is 18.0 Å². The molecule has 0 heterocycles. The van der Waals surface area contributed by atoms with E-state index in [-0.39, 0.29) is 12.0 Å². The molecule has 1 saturated carbocycles. The van der Waals surface area contributed by atoms with Crippen molar-refractivity contribution in [2.75, 3.05) is 7.11 Å². The molecule has 0 bridgehead atoms. The number of nitrogens with one attached hydrogen (secondary N) is 1. The molecule has 0 aliphatic heterocycles. The van der Waals surface area contributed by atoms with Crippen molar-refractivity contribution in [2.45, 2.75) is 24.6 Å². The largest absolute Gasteiger partial charge is 0.453 e. The topological polar surface area (TPSA) is 38.3 Å². The van der Waals surface area contributed by atoms with Gasteiger partial charge in [-0.15, -0.1) is 0 Å². The predicted molar refractivity (Wildman–Crippen MR) is 58.1 cm³/mol. The summed E-state index contributed by atoms with van der Waals surface area (Å²) in [5.41, 5.74) is 0.133. The second kappa shape index (κ2) is 4.51. The average Bonchev–Trinajstić information content (AvgIpc) is 3.07. The first-order valence-electron chi connectivity index (χ1n) is 5.43. The van der Waals surface area contributed by atoms with Crippen molar-refractivity contribution >= 4 is 6.09 Å². The van der Waals surface area contributed by atoms with Crippen LogP contribution in [0, 0.1) is 0 Å². The smallest absolute Gasteiger partial charge is 0.416 e. The normalized spacial score (nSPS) is 22.4. The van der Waals surface area contributed by atoms with Crippen molar-refractivity contribution in [2.24, 2.45) is 0 Å². The number of hydrogen-bond donors (Lipinski definition) is 1. The number of methoxy groups -OCH3 is 1. The molecular weight excluding hydrogens is 247 g/mol. The first-order chi connectivity index (χ1) is 8.41. The number of benzene rings is 1. The summed E-state index contributed by atoms with van der Waals surface area (Å²) in [4.78, 5) is 10.9. The van der Waals surface area contributed by atoms with E-state index in [1.165, 1.54) is 19.2 Å². The standard InChI is InChI=1S/C12H12F3NO2/c1-18-11(17)16-10-6-9(10)7-2-4-8(5-3-7)12(13,14)15/h2-5,9-10H,6H2,1H3,(H,16,17)/t9?,10-/m0/s1. The molecule has 18 heavy (non-hydrogen) atoms. The molecule has 1 amide bonds. The lowest BCUT2D eigenvalue weighted by atomic mass is 10.1. The van der Waals surface area contributed by atoms with Gasteiger partial charge in [-0.1, -0.05) is 12.1 Å². The fraction of sp³-hybridized carbons (Fsp3) is 0.417. The summed E-state index contributed by atoms with van der Waals surface area (Å²) in [5, 5.41) is 2.61. The quantitative estimate of drug-likeness (QED) is 0.886. The van der Waals surface area contributed by atoms with Gasteiger partial charge in [-0.3, -0.25) is 0 Å². The zero-order chi connectivity index (χ0) is 13.3. The lowest BCUT2D eigenvalue weighted by Gasteiger charge is -2.07. The Morgan fingerprint density at radius 3 is 2.44 bits per heavy atom. The van der Waals surface area contributed by atoms with Crippen LogP contribution in [0.1, 0.15) is 23.5 Å². The Kier molecular flexibility index (Phi) is 3.19. The minimum atomic E-state index is -4.31. The van der Waals surface area contributed by atoms with Crippen molar-refractivity contribution in [3.63, 3.8) is 0 Å². The fourth-order valence-electron chi connectivity index (χ4n) is 1.85. The van der Waals surface area contributed by atoms with Gasteiger partial charge in [-0.05, 0) is 24.1 Å². The maximum absolute atomic E-state index is 12.4. The molecular formula is C12H12F3NO2. The number of alkyl halides is 3. The van der Waals surface area contributed by atoms with Crippen LogP contribution >= 0.6 is 0 Å². The molecule has 1 aliphatic carbocycles. The van der Waals surface area contributed by atoms with Crippen LogP contribution < -0.4 is 5.32 Å². The van der Waals surface area contributed by atoms with Crippen molar-refractivity contribution < 1.29 is 22.7 Å². The highest BCUT2D eigenvalue weighted by Crippen LogP contribution is 2.41. The Morgan fingerprint density at radius 2 is 1.94 bits per heavy atom. The maximum atomic E-state index is 12.4. The van der Waals surface area contributed by atoms with Gasteiger partial charge in [0.1, 0.15) is 0 Å². The van der Waals surface area contributed by atoms with Gasteiger partial charge in [0.05, 0.1) is 12.7 Å². The minimum absolute atomic E-state index is 0.0470. The van der Waals surface area contributed by atoms with Crippen LogP contribution in [0.4, 0.5) is 18.0 Å². The molecule has 1 aromatic carbocycles. The molecule has 2 rings (SSSR count). The Bertz CT molecular complexity index is 442. The number of rotatable bonds is 2. The molecule has 3 nitrogen and oxygen atoms in total. The number of alkyl carbamates (subject to hydrolysis) is 1. The van der Waals surface area contributed by atoms with Crippen LogP contribution in [0.3, 0.4) is 0 Å². The first kappa shape index (κ1) is 12.7. The van der Waals surface area contributed by atoms with E-state index in [4.69, 9.17) is 0 Å². The van der Waals surface area contributed by atoms with Gasteiger partial charge >= 0.3 is 12.3 Å². The van der Waals surface area contributed by atoms with Crippen LogP contribution in [0.2, 0.25) is 0 Å². The van der Waals surface area contributed by atoms with Crippen molar-refractivity contribution in [1.29, 1.82) is 0 Å². The maximum Gasteiger partial charge on any atom is 0.416 e. The second-order valence-corrected chi connectivity index (χ2v) is 4.20. The molecule has 1 aliphatic rings. The van der Waals surface area contributed by atoms with E-state index < -0.39 is 17.8 Å². The number of carbonyl (C=O) groups excluding carboxylic acids is 1. The summed E-state index contributed by atoms with van der Waals surface area (Å²) in [6, 6.07) is 4.97. The highest BCUT2D eigenvalue weighted by Gasteiger charge is 2.40. The molecule has 2 atom stereocenters. The second-order valence-electron chi connectivity index (χ2n) is 4.20. The highest BCUT2D eigenvalue weighted by molar-refractivity contribution is 5.68. The zero-order valence-electron chi connectivity index (χ0n) is 9.62. The number of amides is 1. The first-order valence-corrected chi connectivity index (χ1v) is 5.43. The van der Waals surface area contributed by atoms with Crippen LogP contribution in [-0.2, 0) is 10.9 Å². The summed E-state index contributed by atoms with van der Waals surface area (Å²) in [6.45, 7) is 0. The van der Waals surface area contributed by atoms with E-state index >= 15 is 0 Å². The lowest BCUT2D eigenvalue weighted by molar-refractivity contribution is -0.137. The molecule has 0 saturated heterocycles. The third-order valence-electron chi connectivity index (χ3n) is 2.95. The van der Waals surface area contributed by atoms with Crippen molar-refractivity contribution in [3.05, 3.63) is 35.4 Å². The van der Waals surface area contributed by atoms with E-state index in [2.05, 4.69) is 10.1 Å². The van der Waals surface area contributed by atoms with Gasteiger partial charge in [0, 0.05) is 12.0 Å². The zero-order valence-corrected chi connectivity index (χ0v) is 9.62. The third-order valence-corrected chi connectivity index (χ3v) is 2.95. The molecule has 98 valence electrons. The van der Waals surface area contributed by atoms with E-state index in [0.717, 1.165) is 24.1 Å². The van der Waals surface area contributed by atoms with Gasteiger partial charge in [-0.2, -0.15) is 13.2 Å². The SMILES string of the molecule is COC(=O)N[C@H]1CC1c1ccc(C(F)(F)F)cc1. The molecule has 1 aromatic rings. The predicted octanol–water partition coefficient (Wildman–Crippen LogP) is 2.92. The average molecular weight is 259 g/mol. The number of ether oxygens (including phenoxy) is 1. The fourth-order valence-corrected chi connectivity index (χ4v) is 1.85. The Balaban J connectivity index is 1.98. The summed E-state index contributed by atoms with van der Waals surface area (Å²) in [6.07, 6.45) is -4.11. The van der Waals surface area contributed by atoms with Crippen LogP contribution in [0.25, 0.3) is 0 Å². The van der Waals surface area contributed by atoms with Gasteiger partial charge in [0.25, 0.3) is 0 Å². The molecule has 1 fully saturated rings. The Labute approximate surface area is 102 Å². The molecule has 6 heteroatoms. The molecule has 1 unspecified atom stereocenters. The summed E-state index contributed by atoms with van der Waals surface area (Å²) in [5.74, 6) is 0.0754. The molecule has 0 radical (unpaired) electrons.